The van der Waals surface area contributed by atoms with E-state index in [1.165, 1.54) is 0 Å². The second-order valence-electron chi connectivity index (χ2n) is 4.94. The molecular weight excluding hydrogens is 321 g/mol. The number of hydrogen-bond acceptors (Lipinski definition) is 2. The molecule has 0 fully saturated rings. The third-order valence-electron chi connectivity index (χ3n) is 3.35. The van der Waals surface area contributed by atoms with Crippen LogP contribution in [0.25, 0.3) is 0 Å². The van der Waals surface area contributed by atoms with E-state index in [1.54, 1.807) is 19.2 Å². The minimum Gasteiger partial charge on any atom is -0.496 e. The minimum absolute atomic E-state index is 0.0944. The summed E-state index contributed by atoms with van der Waals surface area (Å²) >= 11 is 12.0. The van der Waals surface area contributed by atoms with Crippen LogP contribution in [0.3, 0.4) is 0 Å². The molecule has 0 bridgehead atoms. The SMILES string of the molecule is COc1ccccc1CC(=O)NC(C)c1ccc(Cl)cc1Cl. The zero-order valence-electron chi connectivity index (χ0n) is 12.4. The van der Waals surface area contributed by atoms with Crippen LogP contribution in [0.5, 0.6) is 5.75 Å². The van der Waals surface area contributed by atoms with E-state index < -0.39 is 0 Å². The van der Waals surface area contributed by atoms with Gasteiger partial charge in [0.15, 0.2) is 0 Å². The molecule has 116 valence electrons. The Balaban J connectivity index is 2.05. The summed E-state index contributed by atoms with van der Waals surface area (Å²) in [5, 5.41) is 4.04. The van der Waals surface area contributed by atoms with Crippen LogP contribution in [0.1, 0.15) is 24.1 Å². The normalized spacial score (nSPS) is 11.8. The molecule has 0 spiro atoms. The molecule has 1 N–H and O–H groups in total. The largest absolute Gasteiger partial charge is 0.496 e. The van der Waals surface area contributed by atoms with Gasteiger partial charge >= 0.3 is 0 Å². The average Bonchev–Trinajstić information content (AvgIpc) is 2.47. The van der Waals surface area contributed by atoms with Gasteiger partial charge in [-0.05, 0) is 30.7 Å². The number of para-hydroxylation sites is 1. The summed E-state index contributed by atoms with van der Waals surface area (Å²) in [7, 11) is 1.59. The molecular formula is C17H17Cl2NO2. The number of benzene rings is 2. The smallest absolute Gasteiger partial charge is 0.225 e. The van der Waals surface area contributed by atoms with Gasteiger partial charge in [0.1, 0.15) is 5.75 Å². The highest BCUT2D eigenvalue weighted by atomic mass is 35.5. The van der Waals surface area contributed by atoms with Crippen molar-refractivity contribution in [2.75, 3.05) is 7.11 Å². The predicted molar refractivity (Wildman–Crippen MR) is 89.7 cm³/mol. The summed E-state index contributed by atoms with van der Waals surface area (Å²) < 4.78 is 5.25. The Labute approximate surface area is 140 Å². The van der Waals surface area contributed by atoms with E-state index >= 15 is 0 Å². The van der Waals surface area contributed by atoms with Crippen LogP contribution in [0, 0.1) is 0 Å². The van der Waals surface area contributed by atoms with E-state index in [0.717, 1.165) is 11.1 Å². The Hall–Kier alpha value is -1.71. The lowest BCUT2D eigenvalue weighted by atomic mass is 10.1. The second-order valence-corrected chi connectivity index (χ2v) is 5.79. The molecule has 1 amide bonds. The Morgan fingerprint density at radius 1 is 1.23 bits per heavy atom. The highest BCUT2D eigenvalue weighted by Crippen LogP contribution is 2.26. The van der Waals surface area contributed by atoms with Crippen LogP contribution in [-0.4, -0.2) is 13.0 Å². The number of hydrogen-bond donors (Lipinski definition) is 1. The Kier molecular flexibility index (Phi) is 5.69. The monoisotopic (exact) mass is 337 g/mol. The van der Waals surface area contributed by atoms with Crippen molar-refractivity contribution in [3.05, 3.63) is 63.6 Å². The van der Waals surface area contributed by atoms with Crippen molar-refractivity contribution < 1.29 is 9.53 Å². The lowest BCUT2D eigenvalue weighted by Crippen LogP contribution is -2.28. The first-order valence-corrected chi connectivity index (χ1v) is 7.63. The molecule has 0 saturated carbocycles. The van der Waals surface area contributed by atoms with E-state index in [0.29, 0.717) is 15.8 Å². The molecule has 22 heavy (non-hydrogen) atoms. The lowest BCUT2D eigenvalue weighted by Gasteiger charge is -2.16. The van der Waals surface area contributed by atoms with E-state index in [1.807, 2.05) is 37.3 Å². The molecule has 5 heteroatoms. The fourth-order valence-corrected chi connectivity index (χ4v) is 2.82. The highest BCUT2D eigenvalue weighted by Gasteiger charge is 2.14. The molecule has 0 saturated heterocycles. The molecule has 0 aliphatic carbocycles. The summed E-state index contributed by atoms with van der Waals surface area (Å²) in [6, 6.07) is 12.5. The number of halogens is 2. The Morgan fingerprint density at radius 3 is 2.64 bits per heavy atom. The second kappa shape index (κ2) is 7.52. The first-order chi connectivity index (χ1) is 10.5. The highest BCUT2D eigenvalue weighted by molar-refractivity contribution is 6.35. The molecule has 3 nitrogen and oxygen atoms in total. The number of carbonyl (C=O) groups is 1. The first-order valence-electron chi connectivity index (χ1n) is 6.87. The third kappa shape index (κ3) is 4.15. The standard InChI is InChI=1S/C17H17Cl2NO2/c1-11(14-8-7-13(18)10-15(14)19)20-17(21)9-12-5-3-4-6-16(12)22-2/h3-8,10-11H,9H2,1-2H3,(H,20,21). The summed E-state index contributed by atoms with van der Waals surface area (Å²) in [4.78, 5) is 12.2. The molecule has 2 aromatic rings. The van der Waals surface area contributed by atoms with Crippen molar-refractivity contribution in [2.24, 2.45) is 0 Å². The molecule has 2 aromatic carbocycles. The number of nitrogens with one attached hydrogen (secondary N) is 1. The summed E-state index contributed by atoms with van der Waals surface area (Å²) in [6.45, 7) is 1.88. The maximum Gasteiger partial charge on any atom is 0.225 e. The number of rotatable bonds is 5. The van der Waals surface area contributed by atoms with Crippen LogP contribution in [-0.2, 0) is 11.2 Å². The van der Waals surface area contributed by atoms with Gasteiger partial charge in [-0.15, -0.1) is 0 Å². The van der Waals surface area contributed by atoms with Gasteiger partial charge in [-0.1, -0.05) is 47.5 Å². The maximum absolute atomic E-state index is 12.2. The molecule has 2 rings (SSSR count). The van der Waals surface area contributed by atoms with Crippen molar-refractivity contribution in [1.29, 1.82) is 0 Å². The zero-order valence-corrected chi connectivity index (χ0v) is 13.9. The van der Waals surface area contributed by atoms with Gasteiger partial charge in [-0.3, -0.25) is 4.79 Å². The van der Waals surface area contributed by atoms with Crippen LogP contribution in [0.15, 0.2) is 42.5 Å². The van der Waals surface area contributed by atoms with Crippen LogP contribution < -0.4 is 10.1 Å². The Bertz CT molecular complexity index is 673. The summed E-state index contributed by atoms with van der Waals surface area (Å²) in [5.74, 6) is 0.609. The third-order valence-corrected chi connectivity index (χ3v) is 3.91. The molecule has 0 aliphatic heterocycles. The molecule has 0 aliphatic rings. The van der Waals surface area contributed by atoms with Gasteiger partial charge in [-0.25, -0.2) is 0 Å². The van der Waals surface area contributed by atoms with E-state index in [2.05, 4.69) is 5.32 Å². The number of carbonyl (C=O) groups excluding carboxylic acids is 1. The number of methoxy groups -OCH3 is 1. The topological polar surface area (TPSA) is 38.3 Å². The summed E-state index contributed by atoms with van der Waals surface area (Å²) in [6.07, 6.45) is 0.250. The summed E-state index contributed by atoms with van der Waals surface area (Å²) in [5.41, 5.74) is 1.68. The maximum atomic E-state index is 12.2. The lowest BCUT2D eigenvalue weighted by molar-refractivity contribution is -0.121. The fourth-order valence-electron chi connectivity index (χ4n) is 2.24. The van der Waals surface area contributed by atoms with Gasteiger partial charge in [0.25, 0.3) is 0 Å². The zero-order chi connectivity index (χ0) is 16.1. The van der Waals surface area contributed by atoms with Crippen LogP contribution in [0.4, 0.5) is 0 Å². The Morgan fingerprint density at radius 2 is 1.95 bits per heavy atom. The molecule has 0 heterocycles. The molecule has 1 atom stereocenters. The van der Waals surface area contributed by atoms with Crippen molar-refractivity contribution >= 4 is 29.1 Å². The van der Waals surface area contributed by atoms with Gasteiger partial charge in [0, 0.05) is 15.6 Å². The van der Waals surface area contributed by atoms with E-state index in [4.69, 9.17) is 27.9 Å². The van der Waals surface area contributed by atoms with Gasteiger partial charge in [-0.2, -0.15) is 0 Å². The molecule has 0 radical (unpaired) electrons. The van der Waals surface area contributed by atoms with Crippen molar-refractivity contribution in [3.63, 3.8) is 0 Å². The van der Waals surface area contributed by atoms with Crippen molar-refractivity contribution in [1.82, 2.24) is 5.32 Å². The minimum atomic E-state index is -0.202. The van der Waals surface area contributed by atoms with Crippen LogP contribution >= 0.6 is 23.2 Å². The molecule has 1 unspecified atom stereocenters. The van der Waals surface area contributed by atoms with Gasteiger partial charge in [0.2, 0.25) is 5.91 Å². The predicted octanol–water partition coefficient (Wildman–Crippen LogP) is 4.42. The van der Waals surface area contributed by atoms with Crippen molar-refractivity contribution in [2.45, 2.75) is 19.4 Å². The molecule has 0 aromatic heterocycles. The van der Waals surface area contributed by atoms with E-state index in [9.17, 15) is 4.79 Å². The number of ether oxygens (including phenoxy) is 1. The first kappa shape index (κ1) is 16.7. The van der Waals surface area contributed by atoms with Crippen LogP contribution in [0.2, 0.25) is 10.0 Å². The van der Waals surface area contributed by atoms with Crippen molar-refractivity contribution in [3.8, 4) is 5.75 Å². The average molecular weight is 338 g/mol. The van der Waals surface area contributed by atoms with E-state index in [-0.39, 0.29) is 18.4 Å². The van der Waals surface area contributed by atoms with Gasteiger partial charge in [0.05, 0.1) is 19.6 Å². The van der Waals surface area contributed by atoms with Gasteiger partial charge < -0.3 is 10.1 Å². The quantitative estimate of drug-likeness (QED) is 0.876. The fraction of sp³-hybridized carbons (Fsp3) is 0.235. The number of amides is 1.